The molecule has 3 heterocycles. The third-order valence-corrected chi connectivity index (χ3v) is 5.72. The van der Waals surface area contributed by atoms with E-state index in [0.717, 1.165) is 0 Å². The fraction of sp³-hybridized carbons (Fsp3) is 0.273. The van der Waals surface area contributed by atoms with Gasteiger partial charge in [0.15, 0.2) is 5.41 Å². The number of nitrogens with zero attached hydrogens (tertiary/aromatic N) is 3. The fourth-order valence-corrected chi connectivity index (χ4v) is 4.26. The second kappa shape index (κ2) is 7.02. The van der Waals surface area contributed by atoms with E-state index in [-0.39, 0.29) is 35.9 Å². The van der Waals surface area contributed by atoms with Crippen molar-refractivity contribution in [3.05, 3.63) is 69.0 Å². The van der Waals surface area contributed by atoms with Gasteiger partial charge in [-0.3, -0.25) is 19.3 Å². The second-order valence-electron chi connectivity index (χ2n) is 7.31. The van der Waals surface area contributed by atoms with Gasteiger partial charge in [0.1, 0.15) is 23.9 Å². The summed E-state index contributed by atoms with van der Waals surface area (Å²) in [5, 5.41) is 9.98. The minimum atomic E-state index is -1.82. The number of carbonyl (C=O) groups is 2. The predicted molar refractivity (Wildman–Crippen MR) is 110 cm³/mol. The van der Waals surface area contributed by atoms with E-state index >= 15 is 0 Å². The molecular formula is C22H20N4O5. The maximum atomic E-state index is 14.0. The quantitative estimate of drug-likeness (QED) is 0.733. The van der Waals surface area contributed by atoms with Crippen molar-refractivity contribution in [2.45, 2.75) is 19.3 Å². The minimum absolute atomic E-state index is 0.00448. The monoisotopic (exact) mass is 420 g/mol. The highest BCUT2D eigenvalue weighted by atomic mass is 16.5. The number of anilines is 1. The van der Waals surface area contributed by atoms with E-state index in [4.69, 9.17) is 15.2 Å². The van der Waals surface area contributed by atoms with Gasteiger partial charge in [0.2, 0.25) is 11.8 Å². The topological polar surface area (TPSA) is 128 Å². The molecule has 4 rings (SSSR count). The highest BCUT2D eigenvalue weighted by Gasteiger charge is 2.60. The van der Waals surface area contributed by atoms with Crippen LogP contribution in [-0.2, 0) is 26.8 Å². The van der Waals surface area contributed by atoms with Crippen LogP contribution >= 0.6 is 0 Å². The lowest BCUT2D eigenvalue weighted by atomic mass is 9.69. The van der Waals surface area contributed by atoms with Crippen molar-refractivity contribution in [2.75, 3.05) is 18.1 Å². The maximum Gasteiger partial charge on any atom is 0.326 e. The summed E-state index contributed by atoms with van der Waals surface area (Å²) >= 11 is 0. The van der Waals surface area contributed by atoms with Crippen molar-refractivity contribution in [3.8, 4) is 11.8 Å². The highest BCUT2D eigenvalue weighted by Crippen LogP contribution is 2.54. The van der Waals surface area contributed by atoms with Gasteiger partial charge >= 0.3 is 5.97 Å². The summed E-state index contributed by atoms with van der Waals surface area (Å²) in [6.07, 6.45) is 0. The van der Waals surface area contributed by atoms with Gasteiger partial charge in [-0.25, -0.2) is 0 Å². The second-order valence-corrected chi connectivity index (χ2v) is 7.31. The zero-order chi connectivity index (χ0) is 22.5. The van der Waals surface area contributed by atoms with Gasteiger partial charge in [-0.05, 0) is 19.9 Å². The first-order valence-electron chi connectivity index (χ1n) is 9.65. The number of nitriles is 1. The lowest BCUT2D eigenvalue weighted by Gasteiger charge is -2.34. The number of benzene rings is 1. The highest BCUT2D eigenvalue weighted by molar-refractivity contribution is 6.15. The van der Waals surface area contributed by atoms with Gasteiger partial charge in [0.25, 0.3) is 5.56 Å². The Hall–Kier alpha value is -4.06. The van der Waals surface area contributed by atoms with Crippen LogP contribution in [0, 0.1) is 18.3 Å². The molecule has 0 saturated heterocycles. The van der Waals surface area contributed by atoms with E-state index < -0.39 is 22.9 Å². The van der Waals surface area contributed by atoms with Crippen molar-refractivity contribution < 1.29 is 19.1 Å². The molecule has 9 nitrogen and oxygen atoms in total. The number of rotatable bonds is 3. The summed E-state index contributed by atoms with van der Waals surface area (Å²) in [7, 11) is 1.57. The fourth-order valence-electron chi connectivity index (χ4n) is 4.26. The molecule has 1 aromatic heterocycles. The molecule has 9 heteroatoms. The molecule has 1 atom stereocenters. The molecule has 2 N–H and O–H groups in total. The molecule has 0 fully saturated rings. The van der Waals surface area contributed by atoms with Crippen LogP contribution in [0.4, 0.5) is 5.69 Å². The molecule has 2 aromatic rings. The van der Waals surface area contributed by atoms with Crippen LogP contribution in [0.5, 0.6) is 5.75 Å². The Bertz CT molecular complexity index is 1270. The van der Waals surface area contributed by atoms with Gasteiger partial charge in [-0.2, -0.15) is 5.26 Å². The molecule has 2 aliphatic heterocycles. The molecule has 0 unspecified atom stereocenters. The molecule has 1 amide bonds. The van der Waals surface area contributed by atoms with Gasteiger partial charge in [0.05, 0.1) is 12.2 Å². The average Bonchev–Trinajstić information content (AvgIpc) is 2.96. The van der Waals surface area contributed by atoms with Crippen LogP contribution in [0.25, 0.3) is 0 Å². The van der Waals surface area contributed by atoms with Crippen LogP contribution in [0.2, 0.25) is 0 Å². The number of hydrogen-bond donors (Lipinski definition) is 1. The van der Waals surface area contributed by atoms with Crippen LogP contribution in [0.15, 0.2) is 46.6 Å². The Kier molecular flexibility index (Phi) is 4.58. The third-order valence-electron chi connectivity index (χ3n) is 5.72. The molecule has 0 radical (unpaired) electrons. The SMILES string of the molecule is CCOC(=O)CN1C(=O)[C@@]2(C(C#N)=C(N)Oc3cc(C)n(C)c(=O)c32)c2ccccc21. The summed E-state index contributed by atoms with van der Waals surface area (Å²) in [5.41, 5.74) is 4.94. The maximum absolute atomic E-state index is 14.0. The van der Waals surface area contributed by atoms with Gasteiger partial charge in [0, 0.05) is 30.1 Å². The van der Waals surface area contributed by atoms with Crippen LogP contribution in [0.1, 0.15) is 23.7 Å². The molecule has 31 heavy (non-hydrogen) atoms. The Morgan fingerprint density at radius 1 is 1.32 bits per heavy atom. The lowest BCUT2D eigenvalue weighted by Crippen LogP contribution is -2.50. The third kappa shape index (κ3) is 2.58. The Morgan fingerprint density at radius 3 is 2.71 bits per heavy atom. The smallest absolute Gasteiger partial charge is 0.326 e. The standard InChI is InChI=1S/C22H20N4O5/c1-4-30-17(27)11-26-15-8-6-5-7-13(15)22(21(26)29)14(10-23)19(24)31-16-9-12(2)25(3)20(28)18(16)22/h5-9H,4,11,24H2,1-3H3/t22-/m1/s1. The van der Waals surface area contributed by atoms with Crippen LogP contribution in [-0.4, -0.2) is 29.6 Å². The molecule has 158 valence electrons. The molecule has 0 aliphatic carbocycles. The number of hydrogen-bond acceptors (Lipinski definition) is 7. The van der Waals surface area contributed by atoms with Crippen LogP contribution < -0.4 is 20.9 Å². The zero-order valence-corrected chi connectivity index (χ0v) is 17.3. The predicted octanol–water partition coefficient (Wildman–Crippen LogP) is 0.976. The number of nitrogens with two attached hydrogens (primary N) is 1. The van der Waals surface area contributed by atoms with E-state index in [0.29, 0.717) is 16.9 Å². The van der Waals surface area contributed by atoms with E-state index in [1.54, 1.807) is 51.2 Å². The normalized spacial score (nSPS) is 19.0. The van der Waals surface area contributed by atoms with Gasteiger partial charge in [-0.15, -0.1) is 0 Å². The summed E-state index contributed by atoms with van der Waals surface area (Å²) in [6.45, 7) is 3.17. The Balaban J connectivity index is 2.09. The number of para-hydroxylation sites is 1. The van der Waals surface area contributed by atoms with E-state index in [1.165, 1.54) is 9.47 Å². The molecule has 1 aromatic carbocycles. The lowest BCUT2D eigenvalue weighted by molar-refractivity contribution is -0.142. The molecule has 2 aliphatic rings. The first kappa shape index (κ1) is 20.2. The van der Waals surface area contributed by atoms with E-state index in [9.17, 15) is 19.6 Å². The minimum Gasteiger partial charge on any atom is -0.465 e. The molecular weight excluding hydrogens is 400 g/mol. The summed E-state index contributed by atoms with van der Waals surface area (Å²) in [5.74, 6) is -1.39. The van der Waals surface area contributed by atoms with Gasteiger partial charge in [-0.1, -0.05) is 18.2 Å². The number of aryl methyl sites for hydroxylation is 1. The number of fused-ring (bicyclic) bond motifs is 4. The number of amides is 1. The first-order valence-corrected chi connectivity index (χ1v) is 9.65. The number of pyridine rings is 1. The number of carbonyl (C=O) groups excluding carboxylic acids is 2. The van der Waals surface area contributed by atoms with Crippen LogP contribution in [0.3, 0.4) is 0 Å². The summed E-state index contributed by atoms with van der Waals surface area (Å²) in [6, 6.07) is 10.3. The number of aromatic nitrogens is 1. The Morgan fingerprint density at radius 2 is 2.03 bits per heavy atom. The largest absolute Gasteiger partial charge is 0.465 e. The number of ether oxygens (including phenoxy) is 2. The molecule has 1 spiro atoms. The first-order chi connectivity index (χ1) is 14.8. The van der Waals surface area contributed by atoms with Gasteiger partial charge < -0.3 is 19.8 Å². The van der Waals surface area contributed by atoms with Crippen molar-refractivity contribution in [1.82, 2.24) is 4.57 Å². The van der Waals surface area contributed by atoms with E-state index in [1.807, 2.05) is 6.07 Å². The van der Waals surface area contributed by atoms with Crippen molar-refractivity contribution in [3.63, 3.8) is 0 Å². The summed E-state index contributed by atoms with van der Waals surface area (Å²) in [4.78, 5) is 40.8. The Labute approximate surface area is 177 Å². The van der Waals surface area contributed by atoms with Crippen molar-refractivity contribution in [2.24, 2.45) is 12.8 Å². The number of esters is 1. The molecule has 0 bridgehead atoms. The average molecular weight is 420 g/mol. The zero-order valence-electron chi connectivity index (χ0n) is 17.3. The molecule has 0 saturated carbocycles. The van der Waals surface area contributed by atoms with Crippen molar-refractivity contribution >= 4 is 17.6 Å². The summed E-state index contributed by atoms with van der Waals surface area (Å²) < 4.78 is 12.0. The van der Waals surface area contributed by atoms with Crippen molar-refractivity contribution in [1.29, 1.82) is 5.26 Å². The van der Waals surface area contributed by atoms with E-state index in [2.05, 4.69) is 0 Å².